The lowest BCUT2D eigenvalue weighted by Crippen LogP contribution is -2.40. The van der Waals surface area contributed by atoms with E-state index in [2.05, 4.69) is 14.8 Å². The Morgan fingerprint density at radius 1 is 1.21 bits per heavy atom. The van der Waals surface area contributed by atoms with E-state index in [0.717, 1.165) is 0 Å². The Balaban J connectivity index is 3.08. The second-order valence-electron chi connectivity index (χ2n) is 6.93. The molecule has 0 bridgehead atoms. The van der Waals surface area contributed by atoms with E-state index >= 15 is 0 Å². The highest BCUT2D eigenvalue weighted by atomic mass is 28.4. The molecular formula is C15H22F3N3O2Si. The first-order valence-corrected chi connectivity index (χ1v) is 10.3. The van der Waals surface area contributed by atoms with Gasteiger partial charge in [-0.2, -0.15) is 0 Å². The number of ether oxygens (including phenoxy) is 1. The zero-order valence-corrected chi connectivity index (χ0v) is 15.4. The summed E-state index contributed by atoms with van der Waals surface area (Å²) in [5, 5.41) is 3.35. The molecule has 1 aromatic carbocycles. The lowest BCUT2D eigenvalue weighted by molar-refractivity contribution is -0.275. The van der Waals surface area contributed by atoms with Crippen molar-refractivity contribution in [3.05, 3.63) is 39.8 Å². The summed E-state index contributed by atoms with van der Waals surface area (Å²) >= 11 is 0. The Kier molecular flexibility index (Phi) is 6.32. The minimum absolute atomic E-state index is 0.00597. The average molecular weight is 361 g/mol. The van der Waals surface area contributed by atoms with E-state index in [-0.39, 0.29) is 29.5 Å². The van der Waals surface area contributed by atoms with Crippen molar-refractivity contribution in [3.8, 4) is 5.75 Å². The van der Waals surface area contributed by atoms with Crippen LogP contribution in [0.2, 0.25) is 18.1 Å². The fourth-order valence-electron chi connectivity index (χ4n) is 1.66. The zero-order valence-electron chi connectivity index (χ0n) is 14.4. The molecule has 0 aromatic heterocycles. The third kappa shape index (κ3) is 6.07. The van der Waals surface area contributed by atoms with Crippen molar-refractivity contribution in [1.82, 2.24) is 0 Å². The molecule has 1 aromatic rings. The van der Waals surface area contributed by atoms with Crippen LogP contribution in [0, 0.1) is 0 Å². The Morgan fingerprint density at radius 2 is 1.83 bits per heavy atom. The van der Waals surface area contributed by atoms with Gasteiger partial charge in [0.25, 0.3) is 0 Å². The first-order chi connectivity index (χ1) is 10.9. The lowest BCUT2D eigenvalue weighted by atomic mass is 10.1. The van der Waals surface area contributed by atoms with Crippen LogP contribution in [0.3, 0.4) is 0 Å². The van der Waals surface area contributed by atoms with E-state index < -0.39 is 14.7 Å². The van der Waals surface area contributed by atoms with Gasteiger partial charge in [0.05, 0.1) is 13.2 Å². The topological polar surface area (TPSA) is 67.2 Å². The van der Waals surface area contributed by atoms with Crippen LogP contribution < -0.4 is 4.74 Å². The summed E-state index contributed by atoms with van der Waals surface area (Å²) in [5.41, 5.74) is 9.24. The number of halogens is 3. The van der Waals surface area contributed by atoms with Gasteiger partial charge in [-0.1, -0.05) is 32.0 Å². The number of benzene rings is 1. The SMILES string of the molecule is CC(C)(C)[Si](C)(C)OCc1cc(CN=[N+]=[N-])ccc1OC(F)(F)F. The van der Waals surface area contributed by atoms with Crippen LogP contribution in [0.5, 0.6) is 5.75 Å². The van der Waals surface area contributed by atoms with Crippen molar-refractivity contribution >= 4 is 8.32 Å². The molecule has 0 fully saturated rings. The summed E-state index contributed by atoms with van der Waals surface area (Å²) in [6.45, 7) is 10.2. The number of azide groups is 1. The predicted octanol–water partition coefficient (Wildman–Crippen LogP) is 5.92. The van der Waals surface area contributed by atoms with Gasteiger partial charge in [-0.3, -0.25) is 0 Å². The highest BCUT2D eigenvalue weighted by Crippen LogP contribution is 2.38. The Labute approximate surface area is 140 Å². The molecule has 0 aliphatic carbocycles. The van der Waals surface area contributed by atoms with Gasteiger partial charge in [-0.25, -0.2) is 0 Å². The summed E-state index contributed by atoms with van der Waals surface area (Å²) in [7, 11) is -2.13. The van der Waals surface area contributed by atoms with Crippen molar-refractivity contribution in [2.75, 3.05) is 0 Å². The molecule has 24 heavy (non-hydrogen) atoms. The molecule has 0 heterocycles. The Morgan fingerprint density at radius 3 is 2.33 bits per heavy atom. The van der Waals surface area contributed by atoms with E-state index in [1.165, 1.54) is 18.2 Å². The maximum Gasteiger partial charge on any atom is 0.573 e. The van der Waals surface area contributed by atoms with Gasteiger partial charge in [-0.15, -0.1) is 13.2 Å². The molecule has 0 amide bonds. The summed E-state index contributed by atoms with van der Waals surface area (Å²) in [6, 6.07) is 4.18. The number of hydrogen-bond donors (Lipinski definition) is 0. The van der Waals surface area contributed by atoms with Gasteiger partial charge in [0.15, 0.2) is 8.32 Å². The molecule has 0 aliphatic rings. The Hall–Kier alpha value is -1.70. The largest absolute Gasteiger partial charge is 0.573 e. The van der Waals surface area contributed by atoms with Gasteiger partial charge >= 0.3 is 6.36 Å². The number of rotatable bonds is 6. The van der Waals surface area contributed by atoms with E-state index in [1.54, 1.807) is 0 Å². The van der Waals surface area contributed by atoms with Crippen LogP contribution in [-0.4, -0.2) is 14.7 Å². The van der Waals surface area contributed by atoms with Crippen LogP contribution in [0.4, 0.5) is 13.2 Å². The lowest BCUT2D eigenvalue weighted by Gasteiger charge is -2.36. The molecule has 134 valence electrons. The molecule has 9 heteroatoms. The van der Waals surface area contributed by atoms with E-state index in [9.17, 15) is 13.2 Å². The van der Waals surface area contributed by atoms with E-state index in [0.29, 0.717) is 5.56 Å². The second kappa shape index (κ2) is 7.46. The fourth-order valence-corrected chi connectivity index (χ4v) is 2.61. The smallest absolute Gasteiger partial charge is 0.412 e. The van der Waals surface area contributed by atoms with Crippen LogP contribution >= 0.6 is 0 Å². The average Bonchev–Trinajstić information content (AvgIpc) is 2.42. The molecule has 0 radical (unpaired) electrons. The zero-order chi connectivity index (χ0) is 18.6. The quantitative estimate of drug-likeness (QED) is 0.273. The van der Waals surface area contributed by atoms with E-state index in [1.807, 2.05) is 33.9 Å². The molecule has 0 spiro atoms. The minimum atomic E-state index is -4.78. The molecular weight excluding hydrogens is 339 g/mol. The van der Waals surface area contributed by atoms with Gasteiger partial charge < -0.3 is 9.16 Å². The molecule has 0 aliphatic heterocycles. The van der Waals surface area contributed by atoms with Gasteiger partial charge in [-0.05, 0) is 41.4 Å². The third-order valence-corrected chi connectivity index (χ3v) is 8.54. The van der Waals surface area contributed by atoms with Crippen LogP contribution in [0.15, 0.2) is 23.3 Å². The molecule has 0 N–H and O–H groups in total. The molecule has 0 atom stereocenters. The van der Waals surface area contributed by atoms with Crippen LogP contribution in [0.1, 0.15) is 31.9 Å². The standard InChI is InChI=1S/C15H22F3N3O2Si/c1-14(2,3)24(4,5)22-10-12-8-11(9-20-21-19)6-7-13(12)23-15(16,17)18/h6-8H,9-10H2,1-5H3. The van der Waals surface area contributed by atoms with Gasteiger partial charge in [0, 0.05) is 10.5 Å². The highest BCUT2D eigenvalue weighted by molar-refractivity contribution is 6.74. The monoisotopic (exact) mass is 361 g/mol. The first kappa shape index (κ1) is 20.3. The van der Waals surface area contributed by atoms with E-state index in [4.69, 9.17) is 9.96 Å². The highest BCUT2D eigenvalue weighted by Gasteiger charge is 2.37. The summed E-state index contributed by atoms with van der Waals surface area (Å²) in [6.07, 6.45) is -4.78. The number of alkyl halides is 3. The predicted molar refractivity (Wildman–Crippen MR) is 88.0 cm³/mol. The maximum absolute atomic E-state index is 12.6. The number of hydrogen-bond acceptors (Lipinski definition) is 3. The molecule has 1 rings (SSSR count). The minimum Gasteiger partial charge on any atom is -0.412 e. The fraction of sp³-hybridized carbons (Fsp3) is 0.600. The molecule has 0 saturated carbocycles. The van der Waals surface area contributed by atoms with Gasteiger partial charge in [0.1, 0.15) is 5.75 Å². The molecule has 5 nitrogen and oxygen atoms in total. The number of nitrogens with zero attached hydrogens (tertiary/aromatic N) is 3. The summed E-state index contributed by atoms with van der Waals surface area (Å²) in [4.78, 5) is 2.65. The van der Waals surface area contributed by atoms with Crippen molar-refractivity contribution in [3.63, 3.8) is 0 Å². The Bertz CT molecular complexity index is 621. The summed E-state index contributed by atoms with van der Waals surface area (Å²) in [5.74, 6) is -0.300. The van der Waals surface area contributed by atoms with Crippen molar-refractivity contribution in [2.45, 2.75) is 58.4 Å². The van der Waals surface area contributed by atoms with Crippen LogP contribution in [0.25, 0.3) is 10.4 Å². The maximum atomic E-state index is 12.6. The normalized spacial score (nSPS) is 12.7. The van der Waals surface area contributed by atoms with Crippen LogP contribution in [-0.2, 0) is 17.6 Å². The van der Waals surface area contributed by atoms with Crippen molar-refractivity contribution in [1.29, 1.82) is 0 Å². The van der Waals surface area contributed by atoms with Gasteiger partial charge in [0.2, 0.25) is 0 Å². The molecule has 0 unspecified atom stereocenters. The second-order valence-corrected chi connectivity index (χ2v) is 11.7. The third-order valence-electron chi connectivity index (χ3n) is 4.06. The first-order valence-electron chi connectivity index (χ1n) is 7.38. The van der Waals surface area contributed by atoms with Crippen molar-refractivity contribution < 1.29 is 22.3 Å². The van der Waals surface area contributed by atoms with Crippen molar-refractivity contribution in [2.24, 2.45) is 5.11 Å². The summed E-state index contributed by atoms with van der Waals surface area (Å²) < 4.78 is 47.8. The molecule has 0 saturated heterocycles.